The van der Waals surface area contributed by atoms with Crippen molar-refractivity contribution in [1.82, 2.24) is 0 Å². The summed E-state index contributed by atoms with van der Waals surface area (Å²) >= 11 is 0. The van der Waals surface area contributed by atoms with Gasteiger partial charge in [-0.2, -0.15) is 10.5 Å². The summed E-state index contributed by atoms with van der Waals surface area (Å²) < 4.78 is 0. The van der Waals surface area contributed by atoms with E-state index in [4.69, 9.17) is 10.5 Å². The summed E-state index contributed by atoms with van der Waals surface area (Å²) in [4.78, 5) is 0. The van der Waals surface area contributed by atoms with Gasteiger partial charge in [0, 0.05) is 0 Å². The van der Waals surface area contributed by atoms with E-state index in [1.807, 2.05) is 0 Å². The van der Waals surface area contributed by atoms with Crippen LogP contribution in [-0.2, 0) is 0 Å². The highest BCUT2D eigenvalue weighted by atomic mass is 14.3. The molecule has 0 N–H and O–H groups in total. The molecule has 0 heterocycles. The highest BCUT2D eigenvalue weighted by Crippen LogP contribution is 2.07. The van der Waals surface area contributed by atoms with Gasteiger partial charge in [0.1, 0.15) is 5.41 Å². The second-order valence-corrected chi connectivity index (χ2v) is 1.56. The van der Waals surface area contributed by atoms with Gasteiger partial charge < -0.3 is 0 Å². The molecule has 0 aromatic carbocycles. The van der Waals surface area contributed by atoms with Crippen LogP contribution in [0.4, 0.5) is 0 Å². The van der Waals surface area contributed by atoms with E-state index in [0.29, 0.717) is 0 Å². The van der Waals surface area contributed by atoms with Gasteiger partial charge in [-0.1, -0.05) is 0 Å². The Hall–Kier alpha value is -1.02. The normalized spacial score (nSPS) is 9.14. The van der Waals surface area contributed by atoms with E-state index in [-0.39, 0.29) is 0 Å². The summed E-state index contributed by atoms with van der Waals surface area (Å²) in [6.45, 7) is 4.75. The van der Waals surface area contributed by atoms with Gasteiger partial charge in [-0.3, -0.25) is 0 Å². The second-order valence-electron chi connectivity index (χ2n) is 1.56. The van der Waals surface area contributed by atoms with Crippen molar-refractivity contribution in [3.8, 4) is 12.1 Å². The summed E-state index contributed by atoms with van der Waals surface area (Å²) in [6.07, 6.45) is 0. The summed E-state index contributed by atoms with van der Waals surface area (Å²) in [5.74, 6) is 0. The Kier molecular flexibility index (Phi) is 1.38. The predicted molar refractivity (Wildman–Crippen MR) is 24.7 cm³/mol. The van der Waals surface area contributed by atoms with E-state index in [1.165, 1.54) is 6.92 Å². The third kappa shape index (κ3) is 1.78. The first-order chi connectivity index (χ1) is 3.12. The highest BCUT2D eigenvalue weighted by Gasteiger charge is 2.13. The fourth-order valence-corrected chi connectivity index (χ4v) is 0.0250. The first kappa shape index (κ1) is 5.98. The van der Waals surface area contributed by atoms with Gasteiger partial charge in [-0.25, -0.2) is 0 Å². The average molecular weight is 93.1 g/mol. The zero-order chi connectivity index (χ0) is 5.91. The van der Waals surface area contributed by atoms with Crippen LogP contribution in [0.25, 0.3) is 0 Å². The standard InChI is InChI=1S/C5H5N2/c1-5(2,3-6)4-7/h1H2,2H3. The van der Waals surface area contributed by atoms with Crippen LogP contribution in [0.3, 0.4) is 0 Å². The molecule has 7 heavy (non-hydrogen) atoms. The van der Waals surface area contributed by atoms with Gasteiger partial charge >= 0.3 is 0 Å². The molecule has 0 saturated heterocycles. The second kappa shape index (κ2) is 1.62. The van der Waals surface area contributed by atoms with Crippen molar-refractivity contribution < 1.29 is 0 Å². The SMILES string of the molecule is [CH2]C(C)(C#N)C#N. The molecule has 2 nitrogen and oxygen atoms in total. The molecule has 0 aliphatic heterocycles. The predicted octanol–water partition coefficient (Wildman–Crippen LogP) is 0.874. The van der Waals surface area contributed by atoms with Crippen LogP contribution in [0.2, 0.25) is 0 Å². The van der Waals surface area contributed by atoms with Gasteiger partial charge in [0.05, 0.1) is 12.1 Å². The van der Waals surface area contributed by atoms with Crippen molar-refractivity contribution in [2.24, 2.45) is 5.41 Å². The smallest absolute Gasteiger partial charge is 0.141 e. The Balaban J connectivity index is 4.00. The molecule has 0 bridgehead atoms. The highest BCUT2D eigenvalue weighted by molar-refractivity contribution is 5.12. The zero-order valence-corrected chi connectivity index (χ0v) is 4.10. The fraction of sp³-hybridized carbons (Fsp3) is 0.400. The van der Waals surface area contributed by atoms with Crippen LogP contribution in [0, 0.1) is 35.0 Å². The van der Waals surface area contributed by atoms with E-state index in [0.717, 1.165) is 0 Å². The molecule has 0 rings (SSSR count). The van der Waals surface area contributed by atoms with Gasteiger partial charge in [0.25, 0.3) is 0 Å². The Morgan fingerprint density at radius 3 is 1.71 bits per heavy atom. The quantitative estimate of drug-likeness (QED) is 0.446. The first-order valence-electron chi connectivity index (χ1n) is 1.80. The number of hydrogen-bond acceptors (Lipinski definition) is 2. The molecule has 0 unspecified atom stereocenters. The van der Waals surface area contributed by atoms with Crippen molar-refractivity contribution in [1.29, 1.82) is 10.5 Å². The van der Waals surface area contributed by atoms with Crippen molar-refractivity contribution in [3.05, 3.63) is 6.92 Å². The monoisotopic (exact) mass is 93.0 g/mol. The van der Waals surface area contributed by atoms with E-state index in [1.54, 1.807) is 12.1 Å². The third-order valence-corrected chi connectivity index (χ3v) is 0.494. The molecule has 0 saturated carbocycles. The zero-order valence-electron chi connectivity index (χ0n) is 4.10. The molecule has 0 fully saturated rings. The number of rotatable bonds is 0. The maximum atomic E-state index is 8.06. The van der Waals surface area contributed by atoms with Crippen LogP contribution in [0.1, 0.15) is 6.92 Å². The minimum atomic E-state index is -1.06. The van der Waals surface area contributed by atoms with Crippen LogP contribution in [0.15, 0.2) is 0 Å². The summed E-state index contributed by atoms with van der Waals surface area (Å²) in [5.41, 5.74) is -1.06. The molecule has 0 aromatic rings. The number of nitriles is 2. The third-order valence-electron chi connectivity index (χ3n) is 0.494. The van der Waals surface area contributed by atoms with Gasteiger partial charge in [-0.15, -0.1) is 0 Å². The van der Waals surface area contributed by atoms with Crippen molar-refractivity contribution >= 4 is 0 Å². The van der Waals surface area contributed by atoms with Crippen molar-refractivity contribution in [2.75, 3.05) is 0 Å². The van der Waals surface area contributed by atoms with Crippen LogP contribution < -0.4 is 0 Å². The molecule has 1 radical (unpaired) electrons. The molecule has 0 atom stereocenters. The fourth-order valence-electron chi connectivity index (χ4n) is 0.0250. The lowest BCUT2D eigenvalue weighted by Gasteiger charge is -1.96. The van der Waals surface area contributed by atoms with Gasteiger partial charge in [0.15, 0.2) is 0 Å². The van der Waals surface area contributed by atoms with E-state index >= 15 is 0 Å². The Morgan fingerprint density at radius 1 is 1.43 bits per heavy atom. The van der Waals surface area contributed by atoms with Crippen LogP contribution >= 0.6 is 0 Å². The van der Waals surface area contributed by atoms with Crippen LogP contribution in [0.5, 0.6) is 0 Å². The van der Waals surface area contributed by atoms with Crippen LogP contribution in [-0.4, -0.2) is 0 Å². The number of hydrogen-bond donors (Lipinski definition) is 0. The Morgan fingerprint density at radius 2 is 1.71 bits per heavy atom. The molecular formula is C5H5N2. The molecule has 0 amide bonds. The lowest BCUT2D eigenvalue weighted by Crippen LogP contribution is -2.02. The van der Waals surface area contributed by atoms with E-state index in [9.17, 15) is 0 Å². The van der Waals surface area contributed by atoms with Gasteiger partial charge in [0.2, 0.25) is 0 Å². The average Bonchev–Trinajstić information content (AvgIpc) is 1.68. The number of nitrogens with zero attached hydrogens (tertiary/aromatic N) is 2. The van der Waals surface area contributed by atoms with Crippen molar-refractivity contribution in [2.45, 2.75) is 6.92 Å². The van der Waals surface area contributed by atoms with Crippen molar-refractivity contribution in [3.63, 3.8) is 0 Å². The summed E-state index contributed by atoms with van der Waals surface area (Å²) in [6, 6.07) is 3.44. The lowest BCUT2D eigenvalue weighted by atomic mass is 9.99. The van der Waals surface area contributed by atoms with E-state index in [2.05, 4.69) is 6.92 Å². The largest absolute Gasteiger partial charge is 0.197 e. The minimum Gasteiger partial charge on any atom is -0.197 e. The van der Waals surface area contributed by atoms with E-state index < -0.39 is 5.41 Å². The minimum absolute atomic E-state index is 1.06. The Labute approximate surface area is 43.0 Å². The molecule has 0 aliphatic rings. The summed E-state index contributed by atoms with van der Waals surface area (Å²) in [5, 5.41) is 16.1. The molecule has 0 aromatic heterocycles. The molecule has 2 heteroatoms. The lowest BCUT2D eigenvalue weighted by molar-refractivity contribution is 0.749. The molecular weight excluding hydrogens is 88.1 g/mol. The maximum absolute atomic E-state index is 8.06. The molecule has 0 aliphatic carbocycles. The Bertz CT molecular complexity index is 117. The molecule has 35 valence electrons. The molecule has 0 spiro atoms. The van der Waals surface area contributed by atoms with Gasteiger partial charge in [-0.05, 0) is 13.8 Å². The maximum Gasteiger partial charge on any atom is 0.141 e. The topological polar surface area (TPSA) is 47.6 Å². The first-order valence-corrected chi connectivity index (χ1v) is 1.80. The summed E-state index contributed by atoms with van der Waals surface area (Å²) in [7, 11) is 0.